The number of fused-ring (bicyclic) bond motifs is 2. The number of carbonyl (C=O) groups excluding carboxylic acids is 2. The van der Waals surface area contributed by atoms with Crippen LogP contribution in [0.1, 0.15) is 47.0 Å². The molecule has 0 fully saturated rings. The summed E-state index contributed by atoms with van der Waals surface area (Å²) in [4.78, 5) is 28.9. The van der Waals surface area contributed by atoms with Crippen molar-refractivity contribution in [1.82, 2.24) is 35.1 Å². The molecule has 0 saturated carbocycles. The van der Waals surface area contributed by atoms with E-state index in [1.54, 1.807) is 0 Å². The highest BCUT2D eigenvalue weighted by Gasteiger charge is 2.25. The van der Waals surface area contributed by atoms with Crippen LogP contribution >= 0.6 is 0 Å². The molecule has 9 heteroatoms. The minimum absolute atomic E-state index is 0.00736. The van der Waals surface area contributed by atoms with Gasteiger partial charge in [0, 0.05) is 43.2 Å². The molecule has 9 nitrogen and oxygen atoms in total. The van der Waals surface area contributed by atoms with Gasteiger partial charge in [0.25, 0.3) is 5.91 Å². The van der Waals surface area contributed by atoms with Gasteiger partial charge in [0.15, 0.2) is 5.69 Å². The number of H-pyrrole nitrogens is 1. The molecule has 2 aliphatic rings. The summed E-state index contributed by atoms with van der Waals surface area (Å²) in [7, 11) is 2.04. The zero-order valence-corrected chi connectivity index (χ0v) is 16.7. The Morgan fingerprint density at radius 3 is 2.86 bits per heavy atom. The first-order valence-electron chi connectivity index (χ1n) is 9.79. The summed E-state index contributed by atoms with van der Waals surface area (Å²) in [6.07, 6.45) is 0.880. The fourth-order valence-corrected chi connectivity index (χ4v) is 3.84. The SMILES string of the molecule is CC(C)C(=O)N1CCn2nc(CNC(=O)c3n[nH]c4c3CN(C)CC4)cc2C1. The average molecular weight is 385 g/mol. The number of aromatic nitrogens is 4. The van der Waals surface area contributed by atoms with Crippen LogP contribution in [-0.4, -0.2) is 61.7 Å². The standard InChI is InChI=1S/C19H27N7O2/c1-12(2)19(28)25-6-7-26-14(10-25)8-13(23-26)9-20-18(27)17-15-11-24(3)5-4-16(15)21-22-17/h8,12H,4-7,9-11H2,1-3H3,(H,20,27)(H,21,22). The third kappa shape index (κ3) is 3.54. The van der Waals surface area contributed by atoms with Gasteiger partial charge in [0.1, 0.15) is 0 Å². The van der Waals surface area contributed by atoms with Gasteiger partial charge in [-0.2, -0.15) is 10.2 Å². The smallest absolute Gasteiger partial charge is 0.272 e. The summed E-state index contributed by atoms with van der Waals surface area (Å²) >= 11 is 0. The summed E-state index contributed by atoms with van der Waals surface area (Å²) in [5.41, 5.74) is 4.31. The zero-order valence-electron chi connectivity index (χ0n) is 16.7. The zero-order chi connectivity index (χ0) is 19.8. The third-order valence-corrected chi connectivity index (χ3v) is 5.42. The first-order valence-corrected chi connectivity index (χ1v) is 9.79. The summed E-state index contributed by atoms with van der Waals surface area (Å²) in [6.45, 7) is 7.79. The number of nitrogens with one attached hydrogen (secondary N) is 2. The van der Waals surface area contributed by atoms with E-state index in [2.05, 4.69) is 25.5 Å². The summed E-state index contributed by atoms with van der Waals surface area (Å²) < 4.78 is 1.93. The normalized spacial score (nSPS) is 16.8. The maximum absolute atomic E-state index is 12.6. The Kier molecular flexibility index (Phi) is 4.92. The Morgan fingerprint density at radius 1 is 1.25 bits per heavy atom. The van der Waals surface area contributed by atoms with Crippen LogP contribution in [0.3, 0.4) is 0 Å². The summed E-state index contributed by atoms with van der Waals surface area (Å²) in [5, 5.41) is 14.7. The van der Waals surface area contributed by atoms with E-state index in [9.17, 15) is 9.59 Å². The molecule has 2 N–H and O–H groups in total. The Balaban J connectivity index is 1.40. The molecule has 2 amide bonds. The molecule has 2 aromatic rings. The lowest BCUT2D eigenvalue weighted by Crippen LogP contribution is -2.40. The molecular weight excluding hydrogens is 358 g/mol. The number of rotatable bonds is 4. The van der Waals surface area contributed by atoms with E-state index in [1.807, 2.05) is 36.5 Å². The van der Waals surface area contributed by atoms with Crippen LogP contribution < -0.4 is 5.32 Å². The molecule has 0 spiro atoms. The first-order chi connectivity index (χ1) is 13.4. The molecule has 28 heavy (non-hydrogen) atoms. The Morgan fingerprint density at radius 2 is 2.07 bits per heavy atom. The monoisotopic (exact) mass is 385 g/mol. The van der Waals surface area contributed by atoms with Gasteiger partial charge in [0.2, 0.25) is 5.91 Å². The van der Waals surface area contributed by atoms with Crippen molar-refractivity contribution in [2.24, 2.45) is 5.92 Å². The maximum Gasteiger partial charge on any atom is 0.272 e. The topological polar surface area (TPSA) is 99.1 Å². The Bertz CT molecular complexity index is 898. The summed E-state index contributed by atoms with van der Waals surface area (Å²) in [6, 6.07) is 1.97. The van der Waals surface area contributed by atoms with Crippen molar-refractivity contribution in [3.63, 3.8) is 0 Å². The predicted octanol–water partition coefficient (Wildman–Crippen LogP) is 0.522. The van der Waals surface area contributed by atoms with E-state index >= 15 is 0 Å². The van der Waals surface area contributed by atoms with E-state index in [0.29, 0.717) is 31.9 Å². The number of amides is 2. The van der Waals surface area contributed by atoms with Gasteiger partial charge in [-0.15, -0.1) is 0 Å². The third-order valence-electron chi connectivity index (χ3n) is 5.42. The van der Waals surface area contributed by atoms with Gasteiger partial charge in [-0.05, 0) is 13.1 Å². The molecule has 2 aromatic heterocycles. The number of hydrogen-bond donors (Lipinski definition) is 2. The lowest BCUT2D eigenvalue weighted by molar-refractivity contribution is -0.136. The van der Waals surface area contributed by atoms with Crippen LogP contribution in [-0.2, 0) is 37.4 Å². The van der Waals surface area contributed by atoms with E-state index < -0.39 is 0 Å². The lowest BCUT2D eigenvalue weighted by atomic mass is 10.1. The van der Waals surface area contributed by atoms with Crippen molar-refractivity contribution in [3.05, 3.63) is 34.4 Å². The fourth-order valence-electron chi connectivity index (χ4n) is 3.84. The van der Waals surface area contributed by atoms with Crippen LogP contribution in [0.2, 0.25) is 0 Å². The molecule has 4 heterocycles. The molecule has 0 aromatic carbocycles. The van der Waals surface area contributed by atoms with Gasteiger partial charge >= 0.3 is 0 Å². The average Bonchev–Trinajstić information content (AvgIpc) is 3.27. The molecular formula is C19H27N7O2. The second-order valence-corrected chi connectivity index (χ2v) is 7.96. The van der Waals surface area contributed by atoms with Crippen LogP contribution in [0.4, 0.5) is 0 Å². The minimum atomic E-state index is -0.185. The van der Waals surface area contributed by atoms with Gasteiger partial charge in [-0.1, -0.05) is 13.8 Å². The molecule has 0 radical (unpaired) electrons. The van der Waals surface area contributed by atoms with Crippen LogP contribution in [0.15, 0.2) is 6.07 Å². The molecule has 150 valence electrons. The van der Waals surface area contributed by atoms with Gasteiger partial charge < -0.3 is 15.1 Å². The molecule has 0 unspecified atom stereocenters. The molecule has 0 saturated heterocycles. The second-order valence-electron chi connectivity index (χ2n) is 7.96. The van der Waals surface area contributed by atoms with Crippen molar-refractivity contribution in [1.29, 1.82) is 0 Å². The van der Waals surface area contributed by atoms with Crippen molar-refractivity contribution >= 4 is 11.8 Å². The van der Waals surface area contributed by atoms with Gasteiger partial charge in [-0.25, -0.2) is 0 Å². The number of nitrogens with zero attached hydrogens (tertiary/aromatic N) is 5. The number of likely N-dealkylation sites (N-methyl/N-ethyl adjacent to an activating group) is 1. The Hall–Kier alpha value is -2.68. The van der Waals surface area contributed by atoms with Crippen LogP contribution in [0.5, 0.6) is 0 Å². The van der Waals surface area contributed by atoms with Crippen molar-refractivity contribution in [2.45, 2.75) is 46.4 Å². The predicted molar refractivity (Wildman–Crippen MR) is 102 cm³/mol. The maximum atomic E-state index is 12.6. The highest BCUT2D eigenvalue weighted by molar-refractivity contribution is 5.94. The minimum Gasteiger partial charge on any atom is -0.345 e. The van der Waals surface area contributed by atoms with Gasteiger partial charge in [-0.3, -0.25) is 19.4 Å². The lowest BCUT2D eigenvalue weighted by Gasteiger charge is -2.29. The molecule has 0 bridgehead atoms. The largest absolute Gasteiger partial charge is 0.345 e. The van der Waals surface area contributed by atoms with Gasteiger partial charge in [0.05, 0.1) is 31.0 Å². The fraction of sp³-hybridized carbons (Fsp3) is 0.579. The first kappa shape index (κ1) is 18.7. The quantitative estimate of drug-likeness (QED) is 0.800. The number of carbonyl (C=O) groups is 2. The highest BCUT2D eigenvalue weighted by atomic mass is 16.2. The second kappa shape index (κ2) is 7.38. The molecule has 4 rings (SSSR count). The van der Waals surface area contributed by atoms with E-state index in [4.69, 9.17) is 0 Å². The Labute approximate surface area is 164 Å². The van der Waals surface area contributed by atoms with E-state index in [-0.39, 0.29) is 17.7 Å². The van der Waals surface area contributed by atoms with Crippen molar-refractivity contribution < 1.29 is 9.59 Å². The van der Waals surface area contributed by atoms with Crippen LogP contribution in [0, 0.1) is 5.92 Å². The molecule has 0 aliphatic carbocycles. The van der Waals surface area contributed by atoms with E-state index in [0.717, 1.165) is 42.2 Å². The van der Waals surface area contributed by atoms with E-state index in [1.165, 1.54) is 0 Å². The molecule has 2 aliphatic heterocycles. The van der Waals surface area contributed by atoms with Crippen molar-refractivity contribution in [3.8, 4) is 0 Å². The van der Waals surface area contributed by atoms with Crippen LogP contribution in [0.25, 0.3) is 0 Å². The summed E-state index contributed by atoms with van der Waals surface area (Å²) in [5.74, 6) is -0.0296. The number of hydrogen-bond acceptors (Lipinski definition) is 5. The van der Waals surface area contributed by atoms with Crippen molar-refractivity contribution in [2.75, 3.05) is 20.1 Å². The molecule has 0 atom stereocenters. The number of aromatic amines is 1. The highest BCUT2D eigenvalue weighted by Crippen LogP contribution is 2.20.